The van der Waals surface area contributed by atoms with Gasteiger partial charge in [0.25, 0.3) is 0 Å². The zero-order valence-corrected chi connectivity index (χ0v) is 13.7. The van der Waals surface area contributed by atoms with Crippen molar-refractivity contribution in [3.63, 3.8) is 0 Å². The van der Waals surface area contributed by atoms with Gasteiger partial charge in [0, 0.05) is 19.6 Å². The van der Waals surface area contributed by atoms with E-state index in [0.717, 1.165) is 6.42 Å². The van der Waals surface area contributed by atoms with Crippen LogP contribution in [0.2, 0.25) is 0 Å². The van der Waals surface area contributed by atoms with Crippen molar-refractivity contribution in [1.29, 1.82) is 0 Å². The van der Waals surface area contributed by atoms with Crippen LogP contribution in [0.15, 0.2) is 0 Å². The highest BCUT2D eigenvalue weighted by molar-refractivity contribution is 5.44. The van der Waals surface area contributed by atoms with Gasteiger partial charge in [-0.25, -0.2) is 0 Å². The van der Waals surface area contributed by atoms with E-state index in [1.54, 1.807) is 7.05 Å². The lowest BCUT2D eigenvalue weighted by Gasteiger charge is -2.15. The fourth-order valence-electron chi connectivity index (χ4n) is 1.24. The maximum atomic E-state index is 9.06. The van der Waals surface area contributed by atoms with Crippen molar-refractivity contribution in [3.8, 4) is 0 Å². The predicted octanol–water partition coefficient (Wildman–Crippen LogP) is 2.99. The van der Waals surface area contributed by atoms with Gasteiger partial charge in [0.15, 0.2) is 0 Å². The molecule has 0 aromatic heterocycles. The number of aliphatic hydroxyl groups excluding tert-OH is 1. The smallest absolute Gasteiger partial charge is 0.206 e. The largest absolute Gasteiger partial charge is 0.396 e. The van der Waals surface area contributed by atoms with E-state index < -0.39 is 0 Å². The first-order valence-corrected chi connectivity index (χ1v) is 7.45. The summed E-state index contributed by atoms with van der Waals surface area (Å²) in [5.41, 5.74) is 0. The molecule has 0 fully saturated rings. The van der Waals surface area contributed by atoms with E-state index in [1.165, 1.54) is 19.3 Å². The summed E-state index contributed by atoms with van der Waals surface area (Å²) in [5.74, 6) is 0.342. The molecule has 1 atom stereocenters. The van der Waals surface area contributed by atoms with Gasteiger partial charge < -0.3 is 15.2 Å². The van der Waals surface area contributed by atoms with Gasteiger partial charge in [0.1, 0.15) is 0 Å². The number of carbonyl (C=O) groups is 1. The van der Waals surface area contributed by atoms with Crippen molar-refractivity contribution in [2.45, 2.75) is 66.4 Å². The summed E-state index contributed by atoms with van der Waals surface area (Å²) >= 11 is 0. The first-order valence-electron chi connectivity index (χ1n) is 7.45. The Balaban J connectivity index is -0.000000361. The van der Waals surface area contributed by atoms with Crippen molar-refractivity contribution < 1.29 is 14.6 Å². The monoisotopic (exact) mass is 277 g/mol. The standard InChI is InChI=1S/C11H24O2.C2H5NO.C2H6/c1-4-5-6-7-11(8-12)9-13-10(2)3;1-3-2-4;1-2/h10-12H,4-9H2,1-3H3;2H,1H3,(H,3,4);1-2H3. The Hall–Kier alpha value is -0.610. The van der Waals surface area contributed by atoms with Crippen LogP contribution in [0.3, 0.4) is 0 Å². The molecule has 1 unspecified atom stereocenters. The molecule has 0 aromatic rings. The van der Waals surface area contributed by atoms with Gasteiger partial charge in [-0.1, -0.05) is 40.0 Å². The summed E-state index contributed by atoms with van der Waals surface area (Å²) in [6.45, 7) is 11.2. The van der Waals surface area contributed by atoms with Gasteiger partial charge in [0.2, 0.25) is 6.41 Å². The number of rotatable bonds is 9. The fraction of sp³-hybridized carbons (Fsp3) is 0.933. The summed E-state index contributed by atoms with van der Waals surface area (Å²) < 4.78 is 5.47. The van der Waals surface area contributed by atoms with E-state index in [2.05, 4.69) is 12.2 Å². The third-order valence-corrected chi connectivity index (χ3v) is 2.26. The van der Waals surface area contributed by atoms with E-state index in [4.69, 9.17) is 14.6 Å². The molecule has 2 N–H and O–H groups in total. The first kappa shape index (κ1) is 23.5. The van der Waals surface area contributed by atoms with Crippen LogP contribution in [0.4, 0.5) is 0 Å². The highest BCUT2D eigenvalue weighted by Crippen LogP contribution is 2.10. The molecule has 4 nitrogen and oxygen atoms in total. The maximum absolute atomic E-state index is 9.06. The summed E-state index contributed by atoms with van der Waals surface area (Å²) in [4.78, 5) is 9.06. The summed E-state index contributed by atoms with van der Waals surface area (Å²) in [7, 11) is 1.56. The van der Waals surface area contributed by atoms with Crippen molar-refractivity contribution in [3.05, 3.63) is 0 Å². The van der Waals surface area contributed by atoms with Gasteiger partial charge in [-0.05, 0) is 20.3 Å². The Kier molecular flexibility index (Phi) is 27.9. The molecule has 0 aliphatic rings. The number of hydrogen-bond donors (Lipinski definition) is 2. The second-order valence-electron chi connectivity index (χ2n) is 4.33. The van der Waals surface area contributed by atoms with Crippen molar-refractivity contribution in [2.75, 3.05) is 20.3 Å². The molecule has 1 amide bonds. The summed E-state index contributed by atoms with van der Waals surface area (Å²) in [5, 5.41) is 11.3. The Morgan fingerprint density at radius 2 is 1.79 bits per heavy atom. The molecule has 0 aliphatic heterocycles. The average molecular weight is 277 g/mol. The van der Waals surface area contributed by atoms with E-state index >= 15 is 0 Å². The minimum absolute atomic E-state index is 0.260. The number of carbonyl (C=O) groups excluding carboxylic acids is 1. The molecular weight excluding hydrogens is 242 g/mol. The van der Waals surface area contributed by atoms with Crippen molar-refractivity contribution >= 4 is 6.41 Å². The Bertz CT molecular complexity index is 152. The molecule has 0 heterocycles. The molecule has 0 radical (unpaired) electrons. The fourth-order valence-corrected chi connectivity index (χ4v) is 1.24. The number of hydrogen-bond acceptors (Lipinski definition) is 3. The second kappa shape index (κ2) is 22.6. The minimum atomic E-state index is 0.260. The molecule has 0 aromatic carbocycles. The van der Waals surface area contributed by atoms with Crippen LogP contribution in [0.1, 0.15) is 60.3 Å². The molecule has 19 heavy (non-hydrogen) atoms. The van der Waals surface area contributed by atoms with Crippen LogP contribution in [-0.4, -0.2) is 37.9 Å². The zero-order chi connectivity index (χ0) is 15.5. The molecule has 0 spiro atoms. The third-order valence-electron chi connectivity index (χ3n) is 2.26. The van der Waals surface area contributed by atoms with E-state index in [9.17, 15) is 0 Å². The summed E-state index contributed by atoms with van der Waals surface area (Å²) in [6, 6.07) is 0. The van der Waals surface area contributed by atoms with Crippen LogP contribution in [0.25, 0.3) is 0 Å². The molecule has 0 bridgehead atoms. The van der Waals surface area contributed by atoms with Crippen LogP contribution < -0.4 is 5.32 Å². The first-order chi connectivity index (χ1) is 9.12. The molecule has 118 valence electrons. The molecule has 0 rings (SSSR count). The SMILES string of the molecule is CC.CCCCCC(CO)COC(C)C.CNC=O. The van der Waals surface area contributed by atoms with Crippen LogP contribution in [0.5, 0.6) is 0 Å². The number of aliphatic hydroxyl groups is 1. The molecule has 0 saturated heterocycles. The highest BCUT2D eigenvalue weighted by Gasteiger charge is 2.07. The lowest BCUT2D eigenvalue weighted by molar-refractivity contribution is -0.109. The van der Waals surface area contributed by atoms with Crippen molar-refractivity contribution in [1.82, 2.24) is 5.32 Å². The minimum Gasteiger partial charge on any atom is -0.396 e. The number of amides is 1. The number of unbranched alkanes of at least 4 members (excludes halogenated alkanes) is 2. The predicted molar refractivity (Wildman–Crippen MR) is 82.3 cm³/mol. The van der Waals surface area contributed by atoms with Gasteiger partial charge in [-0.3, -0.25) is 4.79 Å². The van der Waals surface area contributed by atoms with Gasteiger partial charge in [-0.15, -0.1) is 0 Å². The second-order valence-corrected chi connectivity index (χ2v) is 4.33. The van der Waals surface area contributed by atoms with Gasteiger partial charge in [-0.2, -0.15) is 0 Å². The van der Waals surface area contributed by atoms with Gasteiger partial charge in [0.05, 0.1) is 12.7 Å². The van der Waals surface area contributed by atoms with Crippen LogP contribution >= 0.6 is 0 Å². The Labute approximate surface area is 119 Å². The summed E-state index contributed by atoms with van der Waals surface area (Å²) in [6.07, 6.45) is 5.71. The van der Waals surface area contributed by atoms with E-state index in [0.29, 0.717) is 18.9 Å². The maximum Gasteiger partial charge on any atom is 0.206 e. The number of ether oxygens (including phenoxy) is 1. The van der Waals surface area contributed by atoms with E-state index in [1.807, 2.05) is 27.7 Å². The lowest BCUT2D eigenvalue weighted by Crippen LogP contribution is -2.17. The van der Waals surface area contributed by atoms with E-state index in [-0.39, 0.29) is 12.7 Å². The normalized spacial score (nSPS) is 10.7. The van der Waals surface area contributed by atoms with Crippen LogP contribution in [0, 0.1) is 5.92 Å². The Morgan fingerprint density at radius 3 is 2.11 bits per heavy atom. The van der Waals surface area contributed by atoms with Crippen molar-refractivity contribution in [2.24, 2.45) is 5.92 Å². The molecule has 0 aliphatic carbocycles. The highest BCUT2D eigenvalue weighted by atomic mass is 16.5. The zero-order valence-electron chi connectivity index (χ0n) is 13.7. The molecule has 4 heteroatoms. The van der Waals surface area contributed by atoms with Gasteiger partial charge >= 0.3 is 0 Å². The third kappa shape index (κ3) is 26.8. The molecule has 0 saturated carbocycles. The topological polar surface area (TPSA) is 58.6 Å². The Morgan fingerprint density at radius 1 is 1.26 bits per heavy atom. The molecular formula is C15H35NO3. The van der Waals surface area contributed by atoms with Crippen LogP contribution in [-0.2, 0) is 9.53 Å². The lowest BCUT2D eigenvalue weighted by atomic mass is 10.0. The quantitative estimate of drug-likeness (QED) is 0.503. The number of nitrogens with one attached hydrogen (secondary N) is 1. The average Bonchev–Trinajstić information content (AvgIpc) is 2.45.